The molecule has 1 aliphatic heterocycles. The number of anilines is 1. The Hall–Kier alpha value is -2.77. The van der Waals surface area contributed by atoms with E-state index in [-0.39, 0.29) is 31.6 Å². The molecule has 1 aromatic heterocycles. The van der Waals surface area contributed by atoms with Crippen LogP contribution in [0, 0.1) is 12.7 Å². The van der Waals surface area contributed by atoms with Crippen LogP contribution in [0.5, 0.6) is 11.5 Å². The molecule has 4 rings (SSSR count). The molecule has 2 aromatic carbocycles. The van der Waals surface area contributed by atoms with Crippen molar-refractivity contribution >= 4 is 25.1 Å². The second kappa shape index (κ2) is 6.44. The number of rotatable bonds is 3. The molecule has 0 spiro atoms. The number of ether oxygens (including phenoxy) is 2. The number of hydrogen-bond donors (Lipinski definition) is 1. The van der Waals surface area contributed by atoms with Crippen LogP contribution in [0.1, 0.15) is 15.9 Å². The summed E-state index contributed by atoms with van der Waals surface area (Å²) >= 11 is -0.387. The summed E-state index contributed by atoms with van der Waals surface area (Å²) in [6.07, 6.45) is -2.13. The molecule has 3 aromatic rings. The third kappa shape index (κ3) is 3.43. The topological polar surface area (TPSA) is 60.5 Å². The minimum atomic E-state index is -3.68. The third-order valence-corrected chi connectivity index (χ3v) is 5.84. The summed E-state index contributed by atoms with van der Waals surface area (Å²) in [4.78, 5) is 16.4. The average Bonchev–Trinajstić information content (AvgIpc) is 3.16. The van der Waals surface area contributed by atoms with Gasteiger partial charge in [-0.25, -0.2) is 0 Å². The zero-order chi connectivity index (χ0) is 19.2. The zero-order valence-electron chi connectivity index (χ0n) is 13.8. The fourth-order valence-electron chi connectivity index (χ4n) is 2.63. The van der Waals surface area contributed by atoms with Crippen LogP contribution in [0.4, 0.5) is 17.9 Å². The summed E-state index contributed by atoms with van der Waals surface area (Å²) in [7, 11) is 0. The molecule has 2 heterocycles. The summed E-state index contributed by atoms with van der Waals surface area (Å²) in [6, 6.07) is 8.58. The van der Waals surface area contributed by atoms with E-state index >= 15 is 0 Å². The number of halogens is 3. The molecule has 1 amide bonds. The molecule has 5 nitrogen and oxygen atoms in total. The van der Waals surface area contributed by atoms with Gasteiger partial charge in [-0.05, 0) is 0 Å². The van der Waals surface area contributed by atoms with E-state index in [1.54, 1.807) is 19.2 Å². The monoisotopic (exact) mass is 440 g/mol. The van der Waals surface area contributed by atoms with Crippen LogP contribution in [0.2, 0.25) is 0 Å². The van der Waals surface area contributed by atoms with E-state index in [0.29, 0.717) is 15.8 Å². The van der Waals surface area contributed by atoms with E-state index in [0.717, 1.165) is 4.44 Å². The van der Waals surface area contributed by atoms with Crippen molar-refractivity contribution in [1.82, 2.24) is 4.98 Å². The molecule has 0 bridgehead atoms. The van der Waals surface area contributed by atoms with Gasteiger partial charge in [0, 0.05) is 0 Å². The molecule has 0 fully saturated rings. The molecule has 0 aliphatic carbocycles. The van der Waals surface area contributed by atoms with Crippen LogP contribution in [0.25, 0.3) is 10.0 Å². The van der Waals surface area contributed by atoms with Gasteiger partial charge in [-0.15, -0.1) is 0 Å². The number of benzene rings is 2. The SMILES string of the molecule is Cc1cc2c(cc1-c1cnc(NC(=O)c3ccccc3F)[se]1)OC(F)(F)O2. The number of hydrogen-bond acceptors (Lipinski definition) is 4. The normalized spacial score (nSPS) is 14.2. The Morgan fingerprint density at radius 3 is 2.63 bits per heavy atom. The Balaban J connectivity index is 1.59. The number of aromatic nitrogens is 1. The molecular weight excluding hydrogens is 428 g/mol. The Labute approximate surface area is 157 Å². The van der Waals surface area contributed by atoms with E-state index in [1.165, 1.54) is 30.3 Å². The van der Waals surface area contributed by atoms with Crippen molar-refractivity contribution < 1.29 is 27.4 Å². The van der Waals surface area contributed by atoms with Crippen LogP contribution >= 0.6 is 0 Å². The Morgan fingerprint density at radius 1 is 1.19 bits per heavy atom. The first kappa shape index (κ1) is 17.6. The van der Waals surface area contributed by atoms with Gasteiger partial charge < -0.3 is 0 Å². The third-order valence-electron chi connectivity index (χ3n) is 3.86. The molecule has 27 heavy (non-hydrogen) atoms. The van der Waals surface area contributed by atoms with Crippen LogP contribution in [0.3, 0.4) is 0 Å². The number of nitrogens with one attached hydrogen (secondary N) is 1. The molecular formula is C18H11F3N2O3Se. The van der Waals surface area contributed by atoms with E-state index in [1.807, 2.05) is 0 Å². The number of fused-ring (bicyclic) bond motifs is 1. The van der Waals surface area contributed by atoms with Gasteiger partial charge in [0.15, 0.2) is 0 Å². The van der Waals surface area contributed by atoms with Crippen molar-refractivity contribution in [2.45, 2.75) is 13.2 Å². The molecule has 138 valence electrons. The second-order valence-corrected chi connectivity index (χ2v) is 7.91. The molecule has 0 saturated heterocycles. The first-order valence-electron chi connectivity index (χ1n) is 7.75. The molecule has 0 unspecified atom stereocenters. The Bertz CT molecular complexity index is 1050. The summed E-state index contributed by atoms with van der Waals surface area (Å²) in [6.45, 7) is 1.75. The number of nitrogens with zero attached hydrogens (tertiary/aromatic N) is 1. The number of carbonyl (C=O) groups excluding carboxylic acids is 1. The fourth-order valence-corrected chi connectivity index (χ4v) is 4.50. The van der Waals surface area contributed by atoms with E-state index < -0.39 is 18.0 Å². The van der Waals surface area contributed by atoms with E-state index in [9.17, 15) is 18.0 Å². The minimum absolute atomic E-state index is 0.0265. The van der Waals surface area contributed by atoms with Crippen LogP contribution < -0.4 is 14.8 Å². The summed E-state index contributed by atoms with van der Waals surface area (Å²) < 4.78 is 50.2. The predicted octanol–water partition coefficient (Wildman–Crippen LogP) is 3.83. The van der Waals surface area contributed by atoms with Crippen LogP contribution in [-0.2, 0) is 0 Å². The predicted molar refractivity (Wildman–Crippen MR) is 91.9 cm³/mol. The molecule has 9 heteroatoms. The average molecular weight is 439 g/mol. The maximum absolute atomic E-state index is 13.7. The van der Waals surface area contributed by atoms with Crippen molar-refractivity contribution in [3.8, 4) is 21.5 Å². The van der Waals surface area contributed by atoms with Crippen molar-refractivity contribution in [3.63, 3.8) is 0 Å². The molecule has 0 saturated carbocycles. The van der Waals surface area contributed by atoms with Gasteiger partial charge in [0.2, 0.25) is 0 Å². The van der Waals surface area contributed by atoms with Gasteiger partial charge in [0.25, 0.3) is 0 Å². The maximum atomic E-state index is 13.7. The van der Waals surface area contributed by atoms with Gasteiger partial charge >= 0.3 is 157 Å². The Kier molecular flexibility index (Phi) is 4.20. The quantitative estimate of drug-likeness (QED) is 0.631. The molecule has 0 atom stereocenters. The summed E-state index contributed by atoms with van der Waals surface area (Å²) in [5, 5.41) is 2.59. The fraction of sp³-hybridized carbons (Fsp3) is 0.111. The van der Waals surface area contributed by atoms with E-state index in [4.69, 9.17) is 0 Å². The van der Waals surface area contributed by atoms with Gasteiger partial charge in [0.05, 0.1) is 0 Å². The molecule has 1 aliphatic rings. The van der Waals surface area contributed by atoms with Crippen LogP contribution in [0.15, 0.2) is 42.6 Å². The first-order valence-corrected chi connectivity index (χ1v) is 9.46. The van der Waals surface area contributed by atoms with Gasteiger partial charge in [-0.2, -0.15) is 0 Å². The second-order valence-electron chi connectivity index (χ2n) is 5.74. The summed E-state index contributed by atoms with van der Waals surface area (Å²) in [5.41, 5.74) is 1.31. The standard InChI is InChI=1S/C18H11F3N2O3Se/c1-9-6-13-14(26-18(20,21)25-13)7-11(9)15-8-22-17(27-15)23-16(24)10-4-2-3-5-12(10)19/h2-8H,1H3,(H,22,23,24). The Morgan fingerprint density at radius 2 is 1.89 bits per heavy atom. The van der Waals surface area contributed by atoms with Crippen molar-refractivity contribution in [2.75, 3.05) is 5.32 Å². The number of carbonyl (C=O) groups is 1. The van der Waals surface area contributed by atoms with Crippen molar-refractivity contribution in [3.05, 3.63) is 59.5 Å². The van der Waals surface area contributed by atoms with Gasteiger partial charge in [0.1, 0.15) is 0 Å². The van der Waals surface area contributed by atoms with Crippen molar-refractivity contribution in [2.24, 2.45) is 0 Å². The molecule has 1 N–H and O–H groups in total. The summed E-state index contributed by atoms with van der Waals surface area (Å²) in [5.74, 6) is -1.30. The number of alkyl halides is 2. The van der Waals surface area contributed by atoms with Gasteiger partial charge in [-0.1, -0.05) is 0 Å². The zero-order valence-corrected chi connectivity index (χ0v) is 15.5. The molecule has 0 radical (unpaired) electrons. The first-order chi connectivity index (χ1) is 12.8. The van der Waals surface area contributed by atoms with Crippen molar-refractivity contribution in [1.29, 1.82) is 0 Å². The van der Waals surface area contributed by atoms with E-state index in [2.05, 4.69) is 19.8 Å². The number of aryl methyl sites for hydroxylation is 1. The number of amides is 1. The van der Waals surface area contributed by atoms with Crippen LogP contribution in [-0.4, -0.2) is 31.7 Å². The van der Waals surface area contributed by atoms with Gasteiger partial charge in [-0.3, -0.25) is 0 Å².